The van der Waals surface area contributed by atoms with Gasteiger partial charge < -0.3 is 30.7 Å². The number of carbonyl (C=O) groups is 1. The van der Waals surface area contributed by atoms with Gasteiger partial charge in [0.2, 0.25) is 0 Å². The average molecular weight is 506 g/mol. The Balaban J connectivity index is 1.29. The Morgan fingerprint density at radius 3 is 2.43 bits per heavy atom. The minimum atomic E-state index is -0.436. The third kappa shape index (κ3) is 7.05. The monoisotopic (exact) mass is 505 g/mol. The number of hydrogen-bond acceptors (Lipinski definition) is 6. The average Bonchev–Trinajstić information content (AvgIpc) is 2.90. The van der Waals surface area contributed by atoms with E-state index in [2.05, 4.69) is 21.8 Å². The number of amides is 1. The van der Waals surface area contributed by atoms with Crippen LogP contribution < -0.4 is 21.1 Å². The third-order valence-electron chi connectivity index (χ3n) is 6.22. The molecule has 1 amide bonds. The summed E-state index contributed by atoms with van der Waals surface area (Å²) in [5, 5.41) is 0. The van der Waals surface area contributed by atoms with E-state index < -0.39 is 5.91 Å². The summed E-state index contributed by atoms with van der Waals surface area (Å²) in [5.41, 5.74) is 15.0. The van der Waals surface area contributed by atoms with Crippen molar-refractivity contribution >= 4 is 23.1 Å². The van der Waals surface area contributed by atoms with Gasteiger partial charge in [0, 0.05) is 60.3 Å². The molecule has 9 heteroatoms. The number of nitrogens with zero attached hydrogens (tertiary/aromatic N) is 3. The van der Waals surface area contributed by atoms with Gasteiger partial charge in [-0.05, 0) is 49.5 Å². The summed E-state index contributed by atoms with van der Waals surface area (Å²) in [6.07, 6.45) is 0. The quantitative estimate of drug-likeness (QED) is 0.199. The number of anilines is 2. The molecule has 1 aliphatic rings. The van der Waals surface area contributed by atoms with E-state index in [-0.39, 0.29) is 31.5 Å². The Morgan fingerprint density at radius 1 is 1.00 bits per heavy atom. The van der Waals surface area contributed by atoms with Crippen molar-refractivity contribution in [2.45, 2.75) is 6.61 Å². The fraction of sp³-hybridized carbons (Fsp3) is 0.286. The lowest BCUT2D eigenvalue weighted by Crippen LogP contribution is -2.44. The topological polar surface area (TPSA) is 106 Å². The summed E-state index contributed by atoms with van der Waals surface area (Å²) in [7, 11) is 2.11. The second-order valence-corrected chi connectivity index (χ2v) is 8.88. The van der Waals surface area contributed by atoms with Gasteiger partial charge in [-0.2, -0.15) is 4.99 Å². The molecule has 1 heterocycles. The highest BCUT2D eigenvalue weighted by atomic mass is 19.1. The first kappa shape index (κ1) is 26.1. The molecule has 8 nitrogen and oxygen atoms in total. The summed E-state index contributed by atoms with van der Waals surface area (Å²) < 4.78 is 24.7. The molecule has 0 radical (unpaired) electrons. The molecule has 1 saturated heterocycles. The number of piperazine rings is 1. The van der Waals surface area contributed by atoms with Crippen LogP contribution in [0.2, 0.25) is 0 Å². The molecule has 37 heavy (non-hydrogen) atoms. The van der Waals surface area contributed by atoms with Crippen LogP contribution in [0.5, 0.6) is 5.75 Å². The molecule has 0 bridgehead atoms. The van der Waals surface area contributed by atoms with E-state index in [1.54, 1.807) is 48.5 Å². The lowest BCUT2D eigenvalue weighted by molar-refractivity contribution is 0.0872. The molecule has 3 aromatic rings. The van der Waals surface area contributed by atoms with Crippen molar-refractivity contribution in [2.24, 2.45) is 10.7 Å². The molecule has 4 rings (SSSR count). The smallest absolute Gasteiger partial charge is 0.278 e. The van der Waals surface area contributed by atoms with E-state index >= 15 is 0 Å². The fourth-order valence-corrected chi connectivity index (χ4v) is 3.99. The molecular weight excluding hydrogens is 473 g/mol. The molecule has 0 saturated carbocycles. The van der Waals surface area contributed by atoms with Crippen LogP contribution in [0.15, 0.2) is 71.7 Å². The molecule has 1 aliphatic heterocycles. The molecule has 4 N–H and O–H groups in total. The van der Waals surface area contributed by atoms with Crippen LogP contribution >= 0.6 is 0 Å². The van der Waals surface area contributed by atoms with Crippen LogP contribution in [0.1, 0.15) is 21.5 Å². The summed E-state index contributed by atoms with van der Waals surface area (Å²) in [6.45, 7) is 4.63. The summed E-state index contributed by atoms with van der Waals surface area (Å²) >= 11 is 0. The number of halogens is 1. The van der Waals surface area contributed by atoms with Crippen LogP contribution in [0.4, 0.5) is 15.8 Å². The lowest BCUT2D eigenvalue weighted by Gasteiger charge is -2.34. The predicted molar refractivity (Wildman–Crippen MR) is 144 cm³/mol. The SMILES string of the molecule is CN1CCN(c2ccc(C(=O)N=C(N)c3ccc(OCCOCc4ccccc4F)cc3N)cc2)CC1. The second kappa shape index (κ2) is 12.3. The van der Waals surface area contributed by atoms with Crippen molar-refractivity contribution in [3.05, 3.63) is 89.2 Å². The predicted octanol–water partition coefficient (Wildman–Crippen LogP) is 3.30. The van der Waals surface area contributed by atoms with Gasteiger partial charge in [-0.25, -0.2) is 4.39 Å². The molecule has 3 aromatic carbocycles. The van der Waals surface area contributed by atoms with Gasteiger partial charge in [-0.1, -0.05) is 18.2 Å². The molecular formula is C28H32FN5O3. The molecule has 0 unspecified atom stereocenters. The number of nitrogen functional groups attached to an aromatic ring is 1. The van der Waals surface area contributed by atoms with Crippen LogP contribution in [-0.4, -0.2) is 63.1 Å². The van der Waals surface area contributed by atoms with E-state index in [4.69, 9.17) is 20.9 Å². The number of hydrogen-bond donors (Lipinski definition) is 2. The second-order valence-electron chi connectivity index (χ2n) is 8.88. The van der Waals surface area contributed by atoms with Gasteiger partial charge in [-0.3, -0.25) is 4.79 Å². The van der Waals surface area contributed by atoms with Gasteiger partial charge in [0.05, 0.1) is 13.2 Å². The summed E-state index contributed by atoms with van der Waals surface area (Å²) in [6, 6.07) is 18.8. The Labute approximate surface area is 216 Å². The first-order valence-electron chi connectivity index (χ1n) is 12.2. The Bertz CT molecular complexity index is 1240. The summed E-state index contributed by atoms with van der Waals surface area (Å²) in [5.74, 6) is -0.180. The zero-order valence-electron chi connectivity index (χ0n) is 20.9. The zero-order chi connectivity index (χ0) is 26.2. The Kier molecular flexibility index (Phi) is 8.71. The van der Waals surface area contributed by atoms with Crippen LogP contribution in [0.3, 0.4) is 0 Å². The molecule has 0 spiro atoms. The number of likely N-dealkylation sites (N-methyl/N-ethyl adjacent to an activating group) is 1. The van der Waals surface area contributed by atoms with Gasteiger partial charge in [0.25, 0.3) is 5.91 Å². The van der Waals surface area contributed by atoms with Crippen molar-refractivity contribution in [1.29, 1.82) is 0 Å². The van der Waals surface area contributed by atoms with Crippen molar-refractivity contribution < 1.29 is 18.7 Å². The highest BCUT2D eigenvalue weighted by molar-refractivity contribution is 6.11. The number of benzene rings is 3. The molecule has 194 valence electrons. The number of aliphatic imine (C=N–C) groups is 1. The number of amidine groups is 1. The van der Waals surface area contributed by atoms with Crippen LogP contribution in [0, 0.1) is 5.82 Å². The minimum absolute atomic E-state index is 0.0328. The third-order valence-corrected chi connectivity index (χ3v) is 6.22. The standard InChI is InChI=1S/C28H32FN5O3/c1-33-12-14-34(15-13-33)22-8-6-20(7-9-22)28(35)32-27(31)24-11-10-23(18-26(24)30)37-17-16-36-19-21-4-2-3-5-25(21)29/h2-11,18H,12-17,19,30H2,1H3,(H2,31,32,35). The number of nitrogens with two attached hydrogens (primary N) is 2. The fourth-order valence-electron chi connectivity index (χ4n) is 3.99. The number of carbonyl (C=O) groups excluding carboxylic acids is 1. The highest BCUT2D eigenvalue weighted by Crippen LogP contribution is 2.21. The van der Waals surface area contributed by atoms with Gasteiger partial charge in [-0.15, -0.1) is 0 Å². The minimum Gasteiger partial charge on any atom is -0.491 e. The van der Waals surface area contributed by atoms with E-state index in [1.165, 1.54) is 6.07 Å². The lowest BCUT2D eigenvalue weighted by atomic mass is 10.1. The Hall–Kier alpha value is -3.95. The van der Waals surface area contributed by atoms with Crippen molar-refractivity contribution in [1.82, 2.24) is 4.90 Å². The normalized spacial score (nSPS) is 14.5. The number of rotatable bonds is 9. The van der Waals surface area contributed by atoms with Crippen LogP contribution in [-0.2, 0) is 11.3 Å². The van der Waals surface area contributed by atoms with Crippen molar-refractivity contribution in [2.75, 3.05) is 57.1 Å². The molecule has 0 aliphatic carbocycles. The molecule has 0 aromatic heterocycles. The van der Waals surface area contributed by atoms with Crippen molar-refractivity contribution in [3.8, 4) is 5.75 Å². The summed E-state index contributed by atoms with van der Waals surface area (Å²) in [4.78, 5) is 21.3. The maximum Gasteiger partial charge on any atom is 0.278 e. The first-order valence-corrected chi connectivity index (χ1v) is 12.2. The van der Waals surface area contributed by atoms with Gasteiger partial charge in [0.1, 0.15) is 24.0 Å². The van der Waals surface area contributed by atoms with Gasteiger partial charge in [0.15, 0.2) is 0 Å². The van der Waals surface area contributed by atoms with Crippen molar-refractivity contribution in [3.63, 3.8) is 0 Å². The van der Waals surface area contributed by atoms with E-state index in [1.807, 2.05) is 12.1 Å². The van der Waals surface area contributed by atoms with E-state index in [0.29, 0.717) is 28.1 Å². The van der Waals surface area contributed by atoms with Gasteiger partial charge >= 0.3 is 0 Å². The zero-order valence-corrected chi connectivity index (χ0v) is 20.9. The maximum absolute atomic E-state index is 13.6. The van der Waals surface area contributed by atoms with E-state index in [0.717, 1.165) is 31.9 Å². The Morgan fingerprint density at radius 2 is 1.73 bits per heavy atom. The maximum atomic E-state index is 13.6. The van der Waals surface area contributed by atoms with E-state index in [9.17, 15) is 9.18 Å². The van der Waals surface area contributed by atoms with Crippen LogP contribution in [0.25, 0.3) is 0 Å². The highest BCUT2D eigenvalue weighted by Gasteiger charge is 2.15. The first-order chi connectivity index (χ1) is 17.9. The molecule has 0 atom stereocenters. The number of ether oxygens (including phenoxy) is 2. The molecule has 1 fully saturated rings. The largest absolute Gasteiger partial charge is 0.491 e.